The van der Waals surface area contributed by atoms with E-state index in [9.17, 15) is 4.79 Å². The summed E-state index contributed by atoms with van der Waals surface area (Å²) in [4.78, 5) is 14.2. The zero-order valence-electron chi connectivity index (χ0n) is 8.71. The van der Waals surface area contributed by atoms with E-state index in [4.69, 9.17) is 28.3 Å². The molecule has 2 aromatic rings. The van der Waals surface area contributed by atoms with Gasteiger partial charge in [0.1, 0.15) is 0 Å². The third kappa shape index (κ3) is 2.52. The third-order valence-electron chi connectivity index (χ3n) is 2.39. The fraction of sp³-hybridized carbons (Fsp3) is 0.0833. The lowest BCUT2D eigenvalue weighted by Crippen LogP contribution is -2.12. The lowest BCUT2D eigenvalue weighted by molar-refractivity contribution is 0.280. The van der Waals surface area contributed by atoms with Crippen LogP contribution in [0.1, 0.15) is 5.56 Å². The molecular formula is C12H9Cl2NO2. The Morgan fingerprint density at radius 3 is 2.47 bits per heavy atom. The smallest absolute Gasteiger partial charge is 0.253 e. The Labute approximate surface area is 108 Å². The normalized spacial score (nSPS) is 10.5. The van der Waals surface area contributed by atoms with Crippen LogP contribution in [0.3, 0.4) is 0 Å². The van der Waals surface area contributed by atoms with Crippen molar-refractivity contribution in [3.63, 3.8) is 0 Å². The second-order valence-corrected chi connectivity index (χ2v) is 4.33. The molecule has 5 heteroatoms. The van der Waals surface area contributed by atoms with Crippen LogP contribution in [-0.2, 0) is 6.61 Å². The van der Waals surface area contributed by atoms with E-state index >= 15 is 0 Å². The summed E-state index contributed by atoms with van der Waals surface area (Å²) in [5, 5.41) is 9.79. The van der Waals surface area contributed by atoms with Crippen LogP contribution in [0.25, 0.3) is 11.3 Å². The van der Waals surface area contributed by atoms with Crippen LogP contribution in [0.2, 0.25) is 10.0 Å². The van der Waals surface area contributed by atoms with Crippen molar-refractivity contribution in [3.8, 4) is 11.3 Å². The predicted molar refractivity (Wildman–Crippen MR) is 68.4 cm³/mol. The molecule has 2 rings (SSSR count). The predicted octanol–water partition coefficient (Wildman–Crippen LogP) is 2.84. The molecule has 0 aliphatic heterocycles. The van der Waals surface area contributed by atoms with Crippen LogP contribution in [0.15, 0.2) is 35.1 Å². The van der Waals surface area contributed by atoms with Gasteiger partial charge in [-0.15, -0.1) is 0 Å². The van der Waals surface area contributed by atoms with E-state index in [-0.39, 0.29) is 12.2 Å². The molecule has 0 radical (unpaired) electrons. The number of pyridine rings is 1. The van der Waals surface area contributed by atoms with Gasteiger partial charge in [-0.1, -0.05) is 29.3 Å². The average molecular weight is 270 g/mol. The number of aromatic amines is 1. The van der Waals surface area contributed by atoms with Crippen molar-refractivity contribution in [2.24, 2.45) is 0 Å². The minimum absolute atomic E-state index is 0.281. The number of hydrogen-bond acceptors (Lipinski definition) is 2. The Bertz CT molecular complexity index is 608. The molecule has 0 aliphatic carbocycles. The highest BCUT2D eigenvalue weighted by Crippen LogP contribution is 2.27. The maximum atomic E-state index is 11.5. The summed E-state index contributed by atoms with van der Waals surface area (Å²) in [5.41, 5.74) is 1.41. The van der Waals surface area contributed by atoms with Crippen molar-refractivity contribution >= 4 is 23.2 Å². The second kappa shape index (κ2) is 4.92. The van der Waals surface area contributed by atoms with Crippen molar-refractivity contribution in [1.29, 1.82) is 0 Å². The van der Waals surface area contributed by atoms with Gasteiger partial charge in [0.15, 0.2) is 0 Å². The van der Waals surface area contributed by atoms with Crippen molar-refractivity contribution in [1.82, 2.24) is 4.98 Å². The number of H-pyrrole nitrogens is 1. The monoisotopic (exact) mass is 269 g/mol. The second-order valence-electron chi connectivity index (χ2n) is 3.51. The molecule has 3 nitrogen and oxygen atoms in total. The van der Waals surface area contributed by atoms with E-state index in [2.05, 4.69) is 4.98 Å². The van der Waals surface area contributed by atoms with Crippen LogP contribution in [0.5, 0.6) is 0 Å². The van der Waals surface area contributed by atoms with E-state index in [1.165, 1.54) is 0 Å². The van der Waals surface area contributed by atoms with Crippen LogP contribution in [-0.4, -0.2) is 10.1 Å². The molecule has 0 unspecified atom stereocenters. The first-order chi connectivity index (χ1) is 8.11. The number of rotatable bonds is 2. The van der Waals surface area contributed by atoms with Gasteiger partial charge in [0.05, 0.1) is 16.7 Å². The summed E-state index contributed by atoms with van der Waals surface area (Å²) in [5.74, 6) is 0. The molecule has 0 saturated heterocycles. The number of aliphatic hydroxyl groups is 1. The van der Waals surface area contributed by atoms with Crippen LogP contribution in [0, 0.1) is 0 Å². The number of aliphatic hydroxyl groups excluding tert-OH is 1. The summed E-state index contributed by atoms with van der Waals surface area (Å²) in [6.45, 7) is -0.281. The summed E-state index contributed by atoms with van der Waals surface area (Å²) >= 11 is 11.7. The van der Waals surface area contributed by atoms with E-state index in [0.29, 0.717) is 21.3 Å². The number of benzene rings is 1. The minimum Gasteiger partial charge on any atom is -0.391 e. The minimum atomic E-state index is -0.309. The van der Waals surface area contributed by atoms with Gasteiger partial charge < -0.3 is 10.1 Å². The topological polar surface area (TPSA) is 53.1 Å². The van der Waals surface area contributed by atoms with E-state index in [1.54, 1.807) is 30.3 Å². The van der Waals surface area contributed by atoms with Gasteiger partial charge in [-0.3, -0.25) is 4.79 Å². The zero-order valence-corrected chi connectivity index (χ0v) is 10.2. The van der Waals surface area contributed by atoms with Gasteiger partial charge >= 0.3 is 0 Å². The fourth-order valence-electron chi connectivity index (χ4n) is 1.46. The molecule has 1 heterocycles. The van der Waals surface area contributed by atoms with E-state index < -0.39 is 0 Å². The van der Waals surface area contributed by atoms with E-state index in [1.807, 2.05) is 0 Å². The first-order valence-corrected chi connectivity index (χ1v) is 5.66. The Kier molecular flexibility index (Phi) is 3.52. The summed E-state index contributed by atoms with van der Waals surface area (Å²) in [6.07, 6.45) is 0. The largest absolute Gasteiger partial charge is 0.391 e. The quantitative estimate of drug-likeness (QED) is 0.881. The molecule has 0 fully saturated rings. The molecule has 0 spiro atoms. The van der Waals surface area contributed by atoms with Gasteiger partial charge in [0.25, 0.3) is 5.56 Å². The Morgan fingerprint density at radius 1 is 1.12 bits per heavy atom. The summed E-state index contributed by atoms with van der Waals surface area (Å²) in [7, 11) is 0. The van der Waals surface area contributed by atoms with Gasteiger partial charge in [0, 0.05) is 11.3 Å². The SMILES string of the molecule is O=c1[nH]c(-c2ccc(Cl)c(Cl)c2)ccc1CO. The maximum Gasteiger partial charge on any atom is 0.253 e. The maximum absolute atomic E-state index is 11.5. The molecule has 0 aliphatic rings. The Balaban J connectivity index is 2.50. The van der Waals surface area contributed by atoms with E-state index in [0.717, 1.165) is 5.56 Å². The van der Waals surface area contributed by atoms with Crippen molar-refractivity contribution in [3.05, 3.63) is 56.3 Å². The van der Waals surface area contributed by atoms with Gasteiger partial charge in [-0.2, -0.15) is 0 Å². The molecule has 0 bridgehead atoms. The first-order valence-electron chi connectivity index (χ1n) is 4.90. The standard InChI is InChI=1S/C12H9Cl2NO2/c13-9-3-1-7(5-10(9)14)11-4-2-8(6-16)12(17)15-11/h1-5,16H,6H2,(H,15,17). The average Bonchev–Trinajstić information content (AvgIpc) is 2.32. The zero-order chi connectivity index (χ0) is 12.4. The van der Waals surface area contributed by atoms with Crippen molar-refractivity contribution < 1.29 is 5.11 Å². The number of nitrogens with one attached hydrogen (secondary N) is 1. The van der Waals surface area contributed by atoms with Crippen molar-refractivity contribution in [2.45, 2.75) is 6.61 Å². The lowest BCUT2D eigenvalue weighted by atomic mass is 10.1. The molecule has 1 aromatic carbocycles. The van der Waals surface area contributed by atoms with Gasteiger partial charge in [-0.05, 0) is 29.8 Å². The third-order valence-corrected chi connectivity index (χ3v) is 3.13. The fourth-order valence-corrected chi connectivity index (χ4v) is 1.76. The molecule has 1 aromatic heterocycles. The molecule has 0 saturated carbocycles. The Morgan fingerprint density at radius 2 is 1.88 bits per heavy atom. The molecule has 2 N–H and O–H groups in total. The first kappa shape index (κ1) is 12.2. The number of aromatic nitrogens is 1. The molecule has 0 amide bonds. The van der Waals surface area contributed by atoms with Gasteiger partial charge in [0.2, 0.25) is 0 Å². The molecule has 88 valence electrons. The van der Waals surface area contributed by atoms with Gasteiger partial charge in [-0.25, -0.2) is 0 Å². The highest BCUT2D eigenvalue weighted by Gasteiger charge is 2.04. The molecule has 0 atom stereocenters. The highest BCUT2D eigenvalue weighted by molar-refractivity contribution is 6.42. The number of halogens is 2. The van der Waals surface area contributed by atoms with Crippen LogP contribution >= 0.6 is 23.2 Å². The molecule has 17 heavy (non-hydrogen) atoms. The molecular weight excluding hydrogens is 261 g/mol. The van der Waals surface area contributed by atoms with Crippen LogP contribution in [0.4, 0.5) is 0 Å². The number of hydrogen-bond donors (Lipinski definition) is 2. The van der Waals surface area contributed by atoms with Crippen LogP contribution < -0.4 is 5.56 Å². The van der Waals surface area contributed by atoms with Crippen molar-refractivity contribution in [2.75, 3.05) is 0 Å². The highest BCUT2D eigenvalue weighted by atomic mass is 35.5. The lowest BCUT2D eigenvalue weighted by Gasteiger charge is -2.04. The Hall–Kier alpha value is -1.29. The summed E-state index contributed by atoms with van der Waals surface area (Å²) in [6, 6.07) is 8.40. The summed E-state index contributed by atoms with van der Waals surface area (Å²) < 4.78 is 0.